The van der Waals surface area contributed by atoms with E-state index in [1.807, 2.05) is 0 Å². The molecule has 0 amide bonds. The monoisotopic (exact) mass is 400 g/mol. The van der Waals surface area contributed by atoms with Gasteiger partial charge < -0.3 is 0 Å². The van der Waals surface area contributed by atoms with Gasteiger partial charge in [-0.15, -0.1) is 0 Å². The predicted octanol–water partition coefficient (Wildman–Crippen LogP) is 8.74. The standard InChI is InChI=1S/C28H50N/c1-3-5-7-8-9-10-11-12-13-14-15-16-17-18-19-21-25-29-26-23-28(24-27-29)22-20-6-4-2/h12-13,23-24,26-27H,3-11,14-22,25H2,1-2H3/q+1/b13-12-. The molecule has 0 atom stereocenters. The lowest BCUT2D eigenvalue weighted by atomic mass is 10.1. The van der Waals surface area contributed by atoms with Crippen LogP contribution >= 0.6 is 0 Å². The molecule has 0 saturated carbocycles. The van der Waals surface area contributed by atoms with E-state index in [0.717, 1.165) is 0 Å². The molecule has 0 fully saturated rings. The summed E-state index contributed by atoms with van der Waals surface area (Å²) in [5.41, 5.74) is 1.50. The SMILES string of the molecule is CCCCCCCC/C=C\CCCCCCCC[n+]1ccc(CCCCC)cc1. The first-order valence-electron chi connectivity index (χ1n) is 13.0. The summed E-state index contributed by atoms with van der Waals surface area (Å²) in [6, 6.07) is 4.63. The number of pyridine rings is 1. The lowest BCUT2D eigenvalue weighted by molar-refractivity contribution is -0.697. The van der Waals surface area contributed by atoms with E-state index in [-0.39, 0.29) is 0 Å². The van der Waals surface area contributed by atoms with Crippen LogP contribution in [0.2, 0.25) is 0 Å². The Kier molecular flexibility index (Phi) is 18.0. The van der Waals surface area contributed by atoms with Crippen LogP contribution in [0.3, 0.4) is 0 Å². The lowest BCUT2D eigenvalue weighted by Crippen LogP contribution is -2.32. The van der Waals surface area contributed by atoms with E-state index < -0.39 is 0 Å². The Balaban J connectivity index is 1.86. The summed E-state index contributed by atoms with van der Waals surface area (Å²) < 4.78 is 2.36. The van der Waals surface area contributed by atoms with Gasteiger partial charge >= 0.3 is 0 Å². The highest BCUT2D eigenvalue weighted by Gasteiger charge is 2.01. The zero-order valence-corrected chi connectivity index (χ0v) is 19.8. The first-order chi connectivity index (χ1) is 14.4. The largest absolute Gasteiger partial charge is 0.205 e. The van der Waals surface area contributed by atoms with E-state index in [9.17, 15) is 0 Å². The van der Waals surface area contributed by atoms with Gasteiger partial charge in [0.15, 0.2) is 12.4 Å². The van der Waals surface area contributed by atoms with Gasteiger partial charge in [-0.05, 0) is 50.5 Å². The molecule has 0 radical (unpaired) electrons. The zero-order chi connectivity index (χ0) is 20.8. The van der Waals surface area contributed by atoms with Crippen LogP contribution in [-0.2, 0) is 13.0 Å². The van der Waals surface area contributed by atoms with Crippen molar-refractivity contribution in [2.45, 2.75) is 136 Å². The normalized spacial score (nSPS) is 11.5. The first kappa shape index (κ1) is 25.9. The minimum absolute atomic E-state index is 1.18. The van der Waals surface area contributed by atoms with E-state index in [0.29, 0.717) is 0 Å². The van der Waals surface area contributed by atoms with Gasteiger partial charge in [-0.1, -0.05) is 90.2 Å². The van der Waals surface area contributed by atoms with Crippen LogP contribution in [0.5, 0.6) is 0 Å². The van der Waals surface area contributed by atoms with Gasteiger partial charge in [0.2, 0.25) is 0 Å². The fraction of sp³-hybridized carbons (Fsp3) is 0.750. The fourth-order valence-electron chi connectivity index (χ4n) is 3.92. The Morgan fingerprint density at radius 3 is 1.66 bits per heavy atom. The Labute approximate surface area is 183 Å². The number of nitrogens with zero attached hydrogens (tertiary/aromatic N) is 1. The average molecular weight is 401 g/mol. The van der Waals surface area contributed by atoms with E-state index in [4.69, 9.17) is 0 Å². The van der Waals surface area contributed by atoms with Gasteiger partial charge in [0.05, 0.1) is 0 Å². The van der Waals surface area contributed by atoms with Crippen LogP contribution in [0.4, 0.5) is 0 Å². The Hall–Kier alpha value is -1.11. The smallest absolute Gasteiger partial charge is 0.169 e. The molecule has 1 aromatic rings. The Morgan fingerprint density at radius 1 is 0.586 bits per heavy atom. The van der Waals surface area contributed by atoms with Crippen molar-refractivity contribution < 1.29 is 4.57 Å². The third kappa shape index (κ3) is 16.4. The molecule has 166 valence electrons. The van der Waals surface area contributed by atoms with Gasteiger partial charge in [0, 0.05) is 18.6 Å². The topological polar surface area (TPSA) is 3.88 Å². The van der Waals surface area contributed by atoms with Crippen molar-refractivity contribution in [1.82, 2.24) is 0 Å². The second kappa shape index (κ2) is 20.2. The number of hydrogen-bond acceptors (Lipinski definition) is 0. The molecule has 1 aromatic heterocycles. The van der Waals surface area contributed by atoms with Gasteiger partial charge in [-0.25, -0.2) is 4.57 Å². The van der Waals surface area contributed by atoms with Gasteiger partial charge in [-0.2, -0.15) is 0 Å². The average Bonchev–Trinajstić information content (AvgIpc) is 2.74. The summed E-state index contributed by atoms with van der Waals surface area (Å²) in [5.74, 6) is 0. The first-order valence-corrected chi connectivity index (χ1v) is 13.0. The molecule has 0 aliphatic rings. The molecule has 1 heterocycles. The number of allylic oxidation sites excluding steroid dienone is 2. The van der Waals surface area contributed by atoms with Crippen molar-refractivity contribution in [2.24, 2.45) is 0 Å². The molecule has 0 aliphatic carbocycles. The third-order valence-electron chi connectivity index (χ3n) is 5.96. The molecular weight excluding hydrogens is 350 g/mol. The fourth-order valence-corrected chi connectivity index (χ4v) is 3.92. The van der Waals surface area contributed by atoms with Crippen molar-refractivity contribution in [3.63, 3.8) is 0 Å². The van der Waals surface area contributed by atoms with E-state index in [1.54, 1.807) is 0 Å². The highest BCUT2D eigenvalue weighted by atomic mass is 14.9. The Bertz CT molecular complexity index is 474. The molecule has 1 heteroatoms. The summed E-state index contributed by atoms with van der Waals surface area (Å²) in [6.45, 7) is 5.74. The summed E-state index contributed by atoms with van der Waals surface area (Å²) in [4.78, 5) is 0. The summed E-state index contributed by atoms with van der Waals surface area (Å²) >= 11 is 0. The molecule has 0 bridgehead atoms. The van der Waals surface area contributed by atoms with Crippen LogP contribution < -0.4 is 4.57 Å². The number of aromatic nitrogens is 1. The lowest BCUT2D eigenvalue weighted by Gasteiger charge is -2.02. The second-order valence-corrected chi connectivity index (χ2v) is 8.84. The van der Waals surface area contributed by atoms with Crippen LogP contribution in [-0.4, -0.2) is 0 Å². The van der Waals surface area contributed by atoms with Crippen molar-refractivity contribution in [3.05, 3.63) is 42.2 Å². The number of unbranched alkanes of at least 4 members (excludes halogenated alkanes) is 14. The molecule has 29 heavy (non-hydrogen) atoms. The van der Waals surface area contributed by atoms with Crippen molar-refractivity contribution in [1.29, 1.82) is 0 Å². The maximum atomic E-state index is 2.43. The van der Waals surface area contributed by atoms with E-state index >= 15 is 0 Å². The highest BCUT2D eigenvalue weighted by molar-refractivity contribution is 5.07. The minimum atomic E-state index is 1.18. The summed E-state index contributed by atoms with van der Waals surface area (Å²) in [5, 5.41) is 0. The van der Waals surface area contributed by atoms with E-state index in [1.165, 1.54) is 128 Å². The molecule has 0 saturated heterocycles. The van der Waals surface area contributed by atoms with Crippen LogP contribution in [0.25, 0.3) is 0 Å². The Morgan fingerprint density at radius 2 is 1.07 bits per heavy atom. The van der Waals surface area contributed by atoms with Crippen molar-refractivity contribution >= 4 is 0 Å². The zero-order valence-electron chi connectivity index (χ0n) is 19.8. The number of hydrogen-bond donors (Lipinski definition) is 0. The van der Waals surface area contributed by atoms with Crippen LogP contribution in [0, 0.1) is 0 Å². The molecule has 0 N–H and O–H groups in total. The van der Waals surface area contributed by atoms with Gasteiger partial charge in [0.25, 0.3) is 0 Å². The molecule has 1 rings (SSSR count). The van der Waals surface area contributed by atoms with Crippen LogP contribution in [0.15, 0.2) is 36.7 Å². The molecule has 0 spiro atoms. The van der Waals surface area contributed by atoms with Gasteiger partial charge in [-0.3, -0.25) is 0 Å². The van der Waals surface area contributed by atoms with E-state index in [2.05, 4.69) is 55.1 Å². The predicted molar refractivity (Wildman–Crippen MR) is 129 cm³/mol. The highest BCUT2D eigenvalue weighted by Crippen LogP contribution is 2.10. The van der Waals surface area contributed by atoms with Gasteiger partial charge in [0.1, 0.15) is 6.54 Å². The molecule has 0 unspecified atom stereocenters. The van der Waals surface area contributed by atoms with Crippen LogP contribution in [0.1, 0.15) is 129 Å². The minimum Gasteiger partial charge on any atom is -0.205 e. The molecule has 0 aliphatic heterocycles. The molecule has 1 nitrogen and oxygen atoms in total. The number of aryl methyl sites for hydroxylation is 2. The van der Waals surface area contributed by atoms with Crippen molar-refractivity contribution in [3.8, 4) is 0 Å². The maximum Gasteiger partial charge on any atom is 0.169 e. The summed E-state index contributed by atoms with van der Waals surface area (Å²) in [6.07, 6.45) is 33.9. The number of rotatable bonds is 20. The van der Waals surface area contributed by atoms with Crippen molar-refractivity contribution in [2.75, 3.05) is 0 Å². The third-order valence-corrected chi connectivity index (χ3v) is 5.96. The maximum absolute atomic E-state index is 2.43. The molecular formula is C28H50N+. The summed E-state index contributed by atoms with van der Waals surface area (Å²) in [7, 11) is 0. The second-order valence-electron chi connectivity index (χ2n) is 8.84. The molecule has 0 aromatic carbocycles. The quantitative estimate of drug-likeness (QED) is 0.117.